The fourth-order valence-corrected chi connectivity index (χ4v) is 5.14. The molecule has 0 atom stereocenters. The van der Waals surface area contributed by atoms with Gasteiger partial charge in [-0.1, -0.05) is 12.1 Å². The van der Waals surface area contributed by atoms with E-state index >= 15 is 0 Å². The second-order valence-electron chi connectivity index (χ2n) is 8.62. The number of hydrogen-bond acceptors (Lipinski definition) is 5. The van der Waals surface area contributed by atoms with Crippen LogP contribution in [0.15, 0.2) is 24.3 Å². The number of carbonyl (C=O) groups is 1. The van der Waals surface area contributed by atoms with Crippen molar-refractivity contribution in [1.82, 2.24) is 14.3 Å². The summed E-state index contributed by atoms with van der Waals surface area (Å²) in [6, 6.07) is 12.8. The number of anilines is 1. The van der Waals surface area contributed by atoms with Crippen LogP contribution < -0.4 is 4.90 Å². The summed E-state index contributed by atoms with van der Waals surface area (Å²) in [4.78, 5) is 20.8. The van der Waals surface area contributed by atoms with E-state index in [9.17, 15) is 15.3 Å². The van der Waals surface area contributed by atoms with Gasteiger partial charge in [0.05, 0.1) is 22.7 Å². The molecule has 0 bridgehead atoms. The van der Waals surface area contributed by atoms with Gasteiger partial charge < -0.3 is 9.80 Å². The third-order valence-electron chi connectivity index (χ3n) is 6.83. The van der Waals surface area contributed by atoms with Crippen molar-refractivity contribution in [2.24, 2.45) is 5.92 Å². The van der Waals surface area contributed by atoms with Gasteiger partial charge in [-0.15, -0.1) is 0 Å². The third-order valence-corrected chi connectivity index (χ3v) is 6.83. The van der Waals surface area contributed by atoms with Crippen molar-refractivity contribution in [2.45, 2.75) is 32.6 Å². The van der Waals surface area contributed by atoms with E-state index in [0.29, 0.717) is 24.3 Å². The number of pyridine rings is 1. The minimum atomic E-state index is 0.0684. The molecule has 2 saturated heterocycles. The number of amides is 1. The van der Waals surface area contributed by atoms with E-state index in [0.717, 1.165) is 53.9 Å². The van der Waals surface area contributed by atoms with Gasteiger partial charge in [0, 0.05) is 44.9 Å². The molecule has 0 aliphatic carbocycles. The SMILES string of the molecule is CC(=O)N1CC(c2c(C)c(N3CCC(C#N)CC3)n3c(nc4ccccc43)c2C#N)C1. The molecule has 0 radical (unpaired) electrons. The lowest BCUT2D eigenvalue weighted by molar-refractivity contribution is -0.133. The molecule has 2 aliphatic rings. The van der Waals surface area contributed by atoms with E-state index in [1.807, 2.05) is 29.2 Å². The Morgan fingerprint density at radius 2 is 1.87 bits per heavy atom. The van der Waals surface area contributed by atoms with Crippen molar-refractivity contribution >= 4 is 28.4 Å². The molecule has 1 amide bonds. The average Bonchev–Trinajstić information content (AvgIpc) is 3.12. The van der Waals surface area contributed by atoms with Gasteiger partial charge in [-0.3, -0.25) is 9.20 Å². The second kappa shape index (κ2) is 7.28. The van der Waals surface area contributed by atoms with Crippen LogP contribution in [0.3, 0.4) is 0 Å². The number of piperidine rings is 1. The summed E-state index contributed by atoms with van der Waals surface area (Å²) in [6.07, 6.45) is 1.67. The van der Waals surface area contributed by atoms with Crippen LogP contribution in [-0.4, -0.2) is 46.4 Å². The summed E-state index contributed by atoms with van der Waals surface area (Å²) in [6.45, 7) is 6.55. The monoisotopic (exact) mass is 412 g/mol. The number of fused-ring (bicyclic) bond motifs is 3. The van der Waals surface area contributed by atoms with Crippen molar-refractivity contribution < 1.29 is 4.79 Å². The van der Waals surface area contributed by atoms with Crippen molar-refractivity contribution in [3.05, 3.63) is 41.0 Å². The molecule has 4 heterocycles. The molecule has 31 heavy (non-hydrogen) atoms. The van der Waals surface area contributed by atoms with Gasteiger partial charge in [0.1, 0.15) is 11.9 Å². The maximum absolute atomic E-state index is 11.8. The van der Waals surface area contributed by atoms with Gasteiger partial charge in [0.15, 0.2) is 5.65 Å². The fourth-order valence-electron chi connectivity index (χ4n) is 5.14. The number of aromatic nitrogens is 2. The number of likely N-dealkylation sites (tertiary alicyclic amines) is 1. The van der Waals surface area contributed by atoms with Crippen LogP contribution in [0.4, 0.5) is 5.82 Å². The molecule has 0 saturated carbocycles. The summed E-state index contributed by atoms with van der Waals surface area (Å²) in [5, 5.41) is 19.5. The van der Waals surface area contributed by atoms with Crippen LogP contribution in [0.2, 0.25) is 0 Å². The lowest BCUT2D eigenvalue weighted by Gasteiger charge is -2.41. The van der Waals surface area contributed by atoms with Gasteiger partial charge >= 0.3 is 0 Å². The number of carbonyl (C=O) groups excluding carboxylic acids is 1. The van der Waals surface area contributed by atoms with Crippen LogP contribution in [0.1, 0.15) is 42.4 Å². The number of nitriles is 2. The Labute approximate surface area is 181 Å². The second-order valence-corrected chi connectivity index (χ2v) is 8.62. The predicted octanol–water partition coefficient (Wildman–Crippen LogP) is 3.35. The quantitative estimate of drug-likeness (QED) is 0.644. The van der Waals surface area contributed by atoms with E-state index in [-0.39, 0.29) is 17.7 Å². The Kier molecular flexibility index (Phi) is 4.55. The Bertz CT molecular complexity index is 1280. The highest BCUT2D eigenvalue weighted by Crippen LogP contribution is 2.40. The first-order valence-corrected chi connectivity index (χ1v) is 10.8. The van der Waals surface area contributed by atoms with Gasteiger partial charge in [-0.05, 0) is 43.0 Å². The van der Waals surface area contributed by atoms with Crippen molar-refractivity contribution in [3.8, 4) is 12.1 Å². The van der Waals surface area contributed by atoms with Gasteiger partial charge in [-0.2, -0.15) is 10.5 Å². The Hall–Kier alpha value is -3.58. The lowest BCUT2D eigenvalue weighted by Crippen LogP contribution is -2.48. The molecule has 0 N–H and O–H groups in total. The summed E-state index contributed by atoms with van der Waals surface area (Å²) in [5.41, 5.74) is 5.24. The molecular weight excluding hydrogens is 388 g/mol. The molecule has 5 rings (SSSR count). The van der Waals surface area contributed by atoms with Crippen LogP contribution in [0.25, 0.3) is 16.7 Å². The maximum atomic E-state index is 11.8. The molecule has 0 spiro atoms. The Morgan fingerprint density at radius 3 is 2.52 bits per heavy atom. The van der Waals surface area contributed by atoms with E-state index in [1.54, 1.807) is 6.92 Å². The van der Waals surface area contributed by atoms with E-state index in [1.165, 1.54) is 0 Å². The molecule has 2 fully saturated rings. The van der Waals surface area contributed by atoms with E-state index in [2.05, 4.69) is 28.4 Å². The predicted molar refractivity (Wildman–Crippen MR) is 118 cm³/mol. The number of benzene rings is 1. The zero-order valence-corrected chi connectivity index (χ0v) is 17.8. The summed E-state index contributed by atoms with van der Waals surface area (Å²) in [7, 11) is 0. The van der Waals surface area contributed by atoms with Crippen LogP contribution >= 0.6 is 0 Å². The minimum Gasteiger partial charge on any atom is -0.357 e. The molecule has 156 valence electrons. The number of nitrogens with zero attached hydrogens (tertiary/aromatic N) is 6. The van der Waals surface area contributed by atoms with Crippen LogP contribution in [-0.2, 0) is 4.79 Å². The smallest absolute Gasteiger partial charge is 0.219 e. The van der Waals surface area contributed by atoms with Gasteiger partial charge in [-0.25, -0.2) is 4.98 Å². The Morgan fingerprint density at radius 1 is 1.16 bits per heavy atom. The van der Waals surface area contributed by atoms with E-state index < -0.39 is 0 Å². The molecule has 2 aliphatic heterocycles. The number of rotatable bonds is 2. The molecule has 7 nitrogen and oxygen atoms in total. The topological polar surface area (TPSA) is 88.4 Å². The van der Waals surface area contributed by atoms with Gasteiger partial charge in [0.2, 0.25) is 5.91 Å². The standard InChI is InChI=1S/C24H24N6O/c1-15-22(18-13-29(14-18)16(2)31)19(12-26)23-27-20-5-3-4-6-21(20)30(23)24(15)28-9-7-17(11-25)8-10-28/h3-6,17-18H,7-10,13-14H2,1-2H3. The number of para-hydroxylation sites is 2. The van der Waals surface area contributed by atoms with Crippen LogP contribution in [0.5, 0.6) is 0 Å². The van der Waals surface area contributed by atoms with Gasteiger partial charge in [0.25, 0.3) is 0 Å². The number of hydrogen-bond donors (Lipinski definition) is 0. The third kappa shape index (κ3) is 2.92. The van der Waals surface area contributed by atoms with Crippen LogP contribution in [0, 0.1) is 35.5 Å². The van der Waals surface area contributed by atoms with Crippen molar-refractivity contribution in [1.29, 1.82) is 10.5 Å². The molecule has 1 aromatic carbocycles. The minimum absolute atomic E-state index is 0.0684. The highest BCUT2D eigenvalue weighted by atomic mass is 16.2. The first kappa shape index (κ1) is 19.4. The lowest BCUT2D eigenvalue weighted by atomic mass is 9.85. The first-order valence-electron chi connectivity index (χ1n) is 10.8. The largest absolute Gasteiger partial charge is 0.357 e. The molecule has 0 unspecified atom stereocenters. The fraction of sp³-hybridized carbons (Fsp3) is 0.417. The maximum Gasteiger partial charge on any atom is 0.219 e. The van der Waals surface area contributed by atoms with E-state index in [4.69, 9.17) is 4.98 Å². The molecule has 7 heteroatoms. The zero-order chi connectivity index (χ0) is 21.7. The summed E-state index contributed by atoms with van der Waals surface area (Å²) < 4.78 is 2.13. The van der Waals surface area contributed by atoms with Crippen molar-refractivity contribution in [3.63, 3.8) is 0 Å². The van der Waals surface area contributed by atoms with Crippen molar-refractivity contribution in [2.75, 3.05) is 31.1 Å². The zero-order valence-electron chi connectivity index (χ0n) is 17.8. The summed E-state index contributed by atoms with van der Waals surface area (Å²) in [5.74, 6) is 1.37. The highest BCUT2D eigenvalue weighted by molar-refractivity contribution is 5.87. The highest BCUT2D eigenvalue weighted by Gasteiger charge is 2.36. The molecule has 2 aromatic heterocycles. The summed E-state index contributed by atoms with van der Waals surface area (Å²) >= 11 is 0. The number of imidazole rings is 1. The normalized spacial score (nSPS) is 17.5. The first-order chi connectivity index (χ1) is 15.0. The Balaban J connectivity index is 1.74. The molecular formula is C24H24N6O. The molecule has 3 aromatic rings. The average molecular weight is 412 g/mol.